The molecule has 4 heterocycles. The number of quaternary nitrogens is 2. The van der Waals surface area contributed by atoms with Crippen LogP contribution >= 0.6 is 0 Å². The molecule has 0 saturated carbocycles. The molecular weight excluding hydrogens is 741 g/mol. The molecule has 0 radical (unpaired) electrons. The molecule has 12 nitrogen and oxygen atoms in total. The number of carbonyl (C=O) groups is 4. The van der Waals surface area contributed by atoms with Crippen LogP contribution in [0.3, 0.4) is 0 Å². The first-order chi connectivity index (χ1) is 27.8. The number of hydrogen-bond acceptors (Lipinski definition) is 10. The summed E-state index contributed by atoms with van der Waals surface area (Å²) < 4.78 is 35.5. The lowest BCUT2D eigenvalue weighted by Crippen LogP contribution is -2.58. The number of ether oxygens (including phenoxy) is 6. The van der Waals surface area contributed by atoms with Crippen LogP contribution in [0.25, 0.3) is 0 Å². The van der Waals surface area contributed by atoms with Gasteiger partial charge in [-0.05, 0) is 49.2 Å². The number of hydrogen-bond donors (Lipinski definition) is 0. The first-order valence-corrected chi connectivity index (χ1v) is 21.6. The maximum absolute atomic E-state index is 12.8. The van der Waals surface area contributed by atoms with Gasteiger partial charge in [0.05, 0.1) is 52.5 Å². The molecule has 2 aromatic rings. The molecule has 0 amide bonds. The van der Waals surface area contributed by atoms with E-state index in [0.717, 1.165) is 123 Å². The Morgan fingerprint density at radius 1 is 0.534 bits per heavy atom. The maximum Gasteiger partial charge on any atom is 0.308 e. The van der Waals surface area contributed by atoms with Gasteiger partial charge in [0.25, 0.3) is 0 Å². The smallest absolute Gasteiger partial charge is 0.308 e. The van der Waals surface area contributed by atoms with Gasteiger partial charge >= 0.3 is 23.9 Å². The third-order valence-electron chi connectivity index (χ3n) is 13.8. The lowest BCUT2D eigenvalue weighted by atomic mass is 9.95. The van der Waals surface area contributed by atoms with Gasteiger partial charge < -0.3 is 37.4 Å². The average Bonchev–Trinajstić information content (AvgIpc) is 3.40. The Hall–Kier alpha value is -4.16. The van der Waals surface area contributed by atoms with Crippen molar-refractivity contribution >= 4 is 23.9 Å². The summed E-state index contributed by atoms with van der Waals surface area (Å²) in [5.41, 5.74) is 2.28. The van der Waals surface area contributed by atoms with E-state index in [9.17, 15) is 19.2 Å². The minimum absolute atomic E-state index is 0.0205. The fraction of sp³-hybridized carbons (Fsp3) is 0.652. The molecule has 4 unspecified atom stereocenters. The fourth-order valence-electron chi connectivity index (χ4n) is 10.7. The summed E-state index contributed by atoms with van der Waals surface area (Å²) in [6.07, 6.45) is 14.6. The normalized spacial score (nSPS) is 28.4. The predicted octanol–water partition coefficient (Wildman–Crippen LogP) is 7.74. The highest BCUT2D eigenvalue weighted by molar-refractivity contribution is 5.71. The minimum Gasteiger partial charge on any atom is -0.493 e. The molecule has 4 aliphatic rings. The number of rotatable bonds is 19. The standard InChI is InChI=1S/C46H66N2O10/c1-31(49)55-41-21-15-33(23-43(41)53-5)29-47(3)35-17-18-36(47)26-39(25-35)57-45(51)13-11-9-7-8-10-12-14-46(52)58-40-27-37-19-20-38(28-40)48(37,4)30-34-16-22-42(56-32(2)50)44(24-34)54-6/h15-16,21-24,35-40H,7-14,17-20,25-30H2,1-6H3/q+2/t35-,36+,37-,38+,39?,40?,47?,48?. The van der Waals surface area contributed by atoms with Crippen molar-refractivity contribution in [2.75, 3.05) is 28.3 Å². The molecule has 4 aliphatic heterocycles. The quantitative estimate of drug-likeness (QED) is 0.0603. The number of nitrogens with zero attached hydrogens (tertiary/aromatic N) is 2. The average molecular weight is 807 g/mol. The molecule has 0 spiro atoms. The summed E-state index contributed by atoms with van der Waals surface area (Å²) >= 11 is 0. The third-order valence-corrected chi connectivity index (χ3v) is 13.8. The van der Waals surface area contributed by atoms with E-state index in [0.29, 0.717) is 60.0 Å². The number of esters is 4. The molecule has 4 fully saturated rings. The van der Waals surface area contributed by atoms with Crippen LogP contribution in [0.5, 0.6) is 23.0 Å². The van der Waals surface area contributed by atoms with Crippen molar-refractivity contribution in [2.45, 2.75) is 166 Å². The summed E-state index contributed by atoms with van der Waals surface area (Å²) in [7, 11) is 7.81. The van der Waals surface area contributed by atoms with E-state index in [1.165, 1.54) is 13.8 Å². The van der Waals surface area contributed by atoms with Gasteiger partial charge in [-0.3, -0.25) is 19.2 Å². The van der Waals surface area contributed by atoms with E-state index < -0.39 is 0 Å². The van der Waals surface area contributed by atoms with Crippen molar-refractivity contribution in [3.05, 3.63) is 47.5 Å². The number of carbonyl (C=O) groups excluding carboxylic acids is 4. The predicted molar refractivity (Wildman–Crippen MR) is 217 cm³/mol. The van der Waals surface area contributed by atoms with E-state index in [1.807, 2.05) is 36.4 Å². The molecule has 4 saturated heterocycles. The van der Waals surface area contributed by atoms with Crippen molar-refractivity contribution in [3.8, 4) is 23.0 Å². The first kappa shape index (κ1) is 43.4. The second-order valence-corrected chi connectivity index (χ2v) is 17.7. The van der Waals surface area contributed by atoms with Gasteiger partial charge in [-0.2, -0.15) is 0 Å². The number of fused-ring (bicyclic) bond motifs is 4. The van der Waals surface area contributed by atoms with Crippen molar-refractivity contribution < 1.29 is 56.6 Å². The monoisotopic (exact) mass is 806 g/mol. The minimum atomic E-state index is -0.375. The highest BCUT2D eigenvalue weighted by Crippen LogP contribution is 2.46. The Bertz CT molecular complexity index is 1620. The summed E-state index contributed by atoms with van der Waals surface area (Å²) in [6, 6.07) is 13.3. The zero-order valence-corrected chi connectivity index (χ0v) is 35.6. The Morgan fingerprint density at radius 3 is 1.21 bits per heavy atom. The van der Waals surface area contributed by atoms with Crippen LogP contribution in [-0.4, -0.2) is 97.5 Å². The number of unbranched alkanes of at least 4 members (excludes halogenated alkanes) is 5. The van der Waals surface area contributed by atoms with Crippen molar-refractivity contribution in [2.24, 2.45) is 0 Å². The lowest BCUT2D eigenvalue weighted by molar-refractivity contribution is -0.961. The Balaban J connectivity index is 0.829. The van der Waals surface area contributed by atoms with Crippen molar-refractivity contribution in [1.29, 1.82) is 0 Å². The highest BCUT2D eigenvalue weighted by Gasteiger charge is 2.53. The van der Waals surface area contributed by atoms with Gasteiger partial charge in [-0.25, -0.2) is 0 Å². The van der Waals surface area contributed by atoms with Gasteiger partial charge in [0, 0.05) is 89.2 Å². The van der Waals surface area contributed by atoms with Crippen LogP contribution in [0.1, 0.15) is 128 Å². The van der Waals surface area contributed by atoms with E-state index in [4.69, 9.17) is 28.4 Å². The van der Waals surface area contributed by atoms with Gasteiger partial charge in [-0.15, -0.1) is 0 Å². The molecular formula is C46H66N2O10+2. The van der Waals surface area contributed by atoms with E-state index in [-0.39, 0.29) is 36.1 Å². The lowest BCUT2D eigenvalue weighted by Gasteiger charge is -2.47. The van der Waals surface area contributed by atoms with Crippen LogP contribution in [0.4, 0.5) is 0 Å². The number of benzene rings is 2. The Morgan fingerprint density at radius 2 is 0.879 bits per heavy atom. The molecule has 2 aromatic carbocycles. The Kier molecular flexibility index (Phi) is 14.4. The molecule has 12 heteroatoms. The number of methoxy groups -OCH3 is 2. The molecule has 8 atom stereocenters. The molecule has 58 heavy (non-hydrogen) atoms. The molecule has 4 bridgehead atoms. The molecule has 318 valence electrons. The Labute approximate surface area is 344 Å². The zero-order chi connectivity index (χ0) is 41.5. The van der Waals surface area contributed by atoms with Gasteiger partial charge in [-0.1, -0.05) is 25.7 Å². The second-order valence-electron chi connectivity index (χ2n) is 17.7. The van der Waals surface area contributed by atoms with Crippen LogP contribution in [0.15, 0.2) is 36.4 Å². The van der Waals surface area contributed by atoms with Gasteiger partial charge in [0.15, 0.2) is 23.0 Å². The van der Waals surface area contributed by atoms with Crippen LogP contribution < -0.4 is 18.9 Å². The second kappa shape index (κ2) is 19.3. The van der Waals surface area contributed by atoms with Gasteiger partial charge in [0.1, 0.15) is 25.3 Å². The summed E-state index contributed by atoms with van der Waals surface area (Å²) in [5, 5.41) is 0. The fourth-order valence-corrected chi connectivity index (χ4v) is 10.7. The summed E-state index contributed by atoms with van der Waals surface area (Å²) in [5.74, 6) is 1.06. The summed E-state index contributed by atoms with van der Waals surface area (Å²) in [4.78, 5) is 48.6. The van der Waals surface area contributed by atoms with Crippen LogP contribution in [0.2, 0.25) is 0 Å². The molecule has 0 aromatic heterocycles. The molecule has 0 aliphatic carbocycles. The van der Waals surface area contributed by atoms with Crippen molar-refractivity contribution in [1.82, 2.24) is 0 Å². The maximum atomic E-state index is 12.8. The molecule has 6 rings (SSSR count). The highest BCUT2D eigenvalue weighted by atomic mass is 16.6. The zero-order valence-electron chi connectivity index (χ0n) is 35.6. The summed E-state index contributed by atoms with van der Waals surface area (Å²) in [6.45, 7) is 4.47. The van der Waals surface area contributed by atoms with Crippen molar-refractivity contribution in [3.63, 3.8) is 0 Å². The first-order valence-electron chi connectivity index (χ1n) is 21.6. The third kappa shape index (κ3) is 10.5. The largest absolute Gasteiger partial charge is 0.493 e. The van der Waals surface area contributed by atoms with Crippen LogP contribution in [-0.2, 0) is 41.7 Å². The van der Waals surface area contributed by atoms with E-state index in [1.54, 1.807) is 14.2 Å². The van der Waals surface area contributed by atoms with Crippen LogP contribution in [0, 0.1) is 0 Å². The number of piperidine rings is 2. The van der Waals surface area contributed by atoms with Gasteiger partial charge in [0.2, 0.25) is 0 Å². The van der Waals surface area contributed by atoms with E-state index in [2.05, 4.69) is 14.1 Å². The topological polar surface area (TPSA) is 124 Å². The molecule has 0 N–H and O–H groups in total. The van der Waals surface area contributed by atoms with E-state index >= 15 is 0 Å². The SMILES string of the molecule is COc1cc(C[N+]2(C)[C@@H]3CC[C@H]2CC(OC(=O)CCCCCCCCC(=O)OC2C[C@H]4CC[C@@H](C2)[N+]4(C)Cc2ccc(OC(C)=O)c(OC)c2)C3)ccc1OC(C)=O.